The SMILES string of the molecule is NC(=O)CCNc1ccc(F)cc1I. The van der Waals surface area contributed by atoms with Gasteiger partial charge in [-0.1, -0.05) is 0 Å². The van der Waals surface area contributed by atoms with Crippen LogP contribution in [0.1, 0.15) is 6.42 Å². The topological polar surface area (TPSA) is 55.1 Å². The van der Waals surface area contributed by atoms with Crippen LogP contribution in [0.2, 0.25) is 0 Å². The van der Waals surface area contributed by atoms with E-state index in [2.05, 4.69) is 5.32 Å². The predicted molar refractivity (Wildman–Crippen MR) is 61.4 cm³/mol. The summed E-state index contributed by atoms with van der Waals surface area (Å²) in [5.41, 5.74) is 5.79. The van der Waals surface area contributed by atoms with Gasteiger partial charge in [-0.15, -0.1) is 0 Å². The Labute approximate surface area is 95.0 Å². The minimum absolute atomic E-state index is 0.269. The van der Waals surface area contributed by atoms with Crippen LogP contribution in [0.15, 0.2) is 18.2 Å². The highest BCUT2D eigenvalue weighted by molar-refractivity contribution is 14.1. The van der Waals surface area contributed by atoms with Crippen molar-refractivity contribution in [3.8, 4) is 0 Å². The Bertz CT molecular complexity index is 344. The maximum atomic E-state index is 12.7. The predicted octanol–water partition coefficient (Wildman–Crippen LogP) is 1.72. The van der Waals surface area contributed by atoms with Gasteiger partial charge in [0.05, 0.1) is 0 Å². The number of benzene rings is 1. The molecule has 1 rings (SSSR count). The van der Waals surface area contributed by atoms with Crippen molar-refractivity contribution in [2.45, 2.75) is 6.42 Å². The van der Waals surface area contributed by atoms with E-state index < -0.39 is 0 Å². The molecule has 3 N–H and O–H groups in total. The summed E-state index contributed by atoms with van der Waals surface area (Å²) in [5, 5.41) is 3.00. The molecule has 76 valence electrons. The number of anilines is 1. The molecule has 5 heteroatoms. The van der Waals surface area contributed by atoms with Gasteiger partial charge in [-0.3, -0.25) is 4.79 Å². The Morgan fingerprint density at radius 2 is 2.29 bits per heavy atom. The monoisotopic (exact) mass is 308 g/mol. The molecule has 0 spiro atoms. The molecular weight excluding hydrogens is 298 g/mol. The fraction of sp³-hybridized carbons (Fsp3) is 0.222. The number of hydrogen-bond donors (Lipinski definition) is 2. The number of nitrogens with one attached hydrogen (secondary N) is 1. The lowest BCUT2D eigenvalue weighted by Crippen LogP contribution is -2.16. The average Bonchev–Trinajstić information content (AvgIpc) is 2.08. The number of hydrogen-bond acceptors (Lipinski definition) is 2. The second-order valence-corrected chi connectivity index (χ2v) is 3.93. The minimum Gasteiger partial charge on any atom is -0.384 e. The molecule has 0 aromatic heterocycles. The van der Waals surface area contributed by atoms with E-state index in [4.69, 9.17) is 5.73 Å². The van der Waals surface area contributed by atoms with Crippen molar-refractivity contribution in [2.24, 2.45) is 5.73 Å². The lowest BCUT2D eigenvalue weighted by molar-refractivity contribution is -0.117. The largest absolute Gasteiger partial charge is 0.384 e. The first kappa shape index (κ1) is 11.2. The highest BCUT2D eigenvalue weighted by atomic mass is 127. The Morgan fingerprint density at radius 3 is 2.86 bits per heavy atom. The van der Waals surface area contributed by atoms with Gasteiger partial charge >= 0.3 is 0 Å². The van der Waals surface area contributed by atoms with Crippen LogP contribution in [0.25, 0.3) is 0 Å². The van der Waals surface area contributed by atoms with Crippen molar-refractivity contribution in [3.05, 3.63) is 27.6 Å². The van der Waals surface area contributed by atoms with Gasteiger partial charge in [0.25, 0.3) is 0 Å². The Hall–Kier alpha value is -0.850. The van der Waals surface area contributed by atoms with E-state index in [1.807, 2.05) is 22.6 Å². The highest BCUT2D eigenvalue weighted by Gasteiger charge is 2.01. The third kappa shape index (κ3) is 3.49. The number of carbonyl (C=O) groups excluding carboxylic acids is 1. The summed E-state index contributed by atoms with van der Waals surface area (Å²) in [4.78, 5) is 10.4. The van der Waals surface area contributed by atoms with Crippen LogP contribution in [-0.2, 0) is 4.79 Å². The maximum absolute atomic E-state index is 12.7. The molecule has 0 aliphatic rings. The van der Waals surface area contributed by atoms with Crippen molar-refractivity contribution in [1.29, 1.82) is 0 Å². The standard InChI is InChI=1S/C9H10FIN2O/c10-6-1-2-8(7(11)5-6)13-4-3-9(12)14/h1-2,5,13H,3-4H2,(H2,12,14). The van der Waals surface area contributed by atoms with E-state index in [-0.39, 0.29) is 18.1 Å². The summed E-state index contributed by atoms with van der Waals surface area (Å²) in [6.07, 6.45) is 0.271. The van der Waals surface area contributed by atoms with E-state index in [1.54, 1.807) is 6.07 Å². The number of rotatable bonds is 4. The normalized spacial score (nSPS) is 9.86. The van der Waals surface area contributed by atoms with Crippen molar-refractivity contribution < 1.29 is 9.18 Å². The summed E-state index contributed by atoms with van der Waals surface area (Å²) >= 11 is 2.02. The van der Waals surface area contributed by atoms with Crippen LogP contribution in [0.3, 0.4) is 0 Å². The lowest BCUT2D eigenvalue weighted by atomic mass is 10.3. The molecule has 0 fully saturated rings. The van der Waals surface area contributed by atoms with Gasteiger partial charge < -0.3 is 11.1 Å². The number of carbonyl (C=O) groups is 1. The highest BCUT2D eigenvalue weighted by Crippen LogP contribution is 2.18. The molecule has 1 aromatic carbocycles. The van der Waals surface area contributed by atoms with E-state index in [0.717, 1.165) is 9.26 Å². The van der Waals surface area contributed by atoms with E-state index in [1.165, 1.54) is 12.1 Å². The van der Waals surface area contributed by atoms with Crippen molar-refractivity contribution in [2.75, 3.05) is 11.9 Å². The molecular formula is C9H10FIN2O. The fourth-order valence-electron chi connectivity index (χ4n) is 0.953. The molecule has 0 aliphatic heterocycles. The second-order valence-electron chi connectivity index (χ2n) is 2.77. The zero-order chi connectivity index (χ0) is 10.6. The summed E-state index contributed by atoms with van der Waals surface area (Å²) in [6, 6.07) is 4.43. The molecule has 1 aromatic rings. The molecule has 0 radical (unpaired) electrons. The Kier molecular flexibility index (Phi) is 4.12. The van der Waals surface area contributed by atoms with Gasteiger partial charge in [0.1, 0.15) is 5.82 Å². The smallest absolute Gasteiger partial charge is 0.219 e. The van der Waals surface area contributed by atoms with E-state index >= 15 is 0 Å². The molecule has 0 bridgehead atoms. The van der Waals surface area contributed by atoms with Gasteiger partial charge in [0.2, 0.25) is 5.91 Å². The van der Waals surface area contributed by atoms with Crippen molar-refractivity contribution >= 4 is 34.2 Å². The van der Waals surface area contributed by atoms with E-state index in [9.17, 15) is 9.18 Å². The Balaban J connectivity index is 2.55. The lowest BCUT2D eigenvalue weighted by Gasteiger charge is -2.06. The molecule has 0 atom stereocenters. The van der Waals surface area contributed by atoms with Crippen molar-refractivity contribution in [1.82, 2.24) is 0 Å². The molecule has 14 heavy (non-hydrogen) atoms. The zero-order valence-corrected chi connectivity index (χ0v) is 9.55. The first-order valence-corrected chi connectivity index (χ1v) is 5.14. The van der Waals surface area contributed by atoms with Crippen LogP contribution >= 0.6 is 22.6 Å². The van der Waals surface area contributed by atoms with Crippen LogP contribution in [0, 0.1) is 9.39 Å². The maximum Gasteiger partial charge on any atom is 0.219 e. The van der Waals surface area contributed by atoms with Crippen LogP contribution in [0.5, 0.6) is 0 Å². The zero-order valence-electron chi connectivity index (χ0n) is 7.39. The third-order valence-corrected chi connectivity index (χ3v) is 2.51. The summed E-state index contributed by atoms with van der Waals surface area (Å²) in [7, 11) is 0. The first-order valence-electron chi connectivity index (χ1n) is 4.07. The van der Waals surface area contributed by atoms with Crippen LogP contribution in [0.4, 0.5) is 10.1 Å². The molecule has 0 saturated carbocycles. The van der Waals surface area contributed by atoms with Crippen LogP contribution < -0.4 is 11.1 Å². The quantitative estimate of drug-likeness (QED) is 0.832. The molecule has 0 saturated heterocycles. The second kappa shape index (κ2) is 5.14. The average molecular weight is 308 g/mol. The number of halogens is 2. The molecule has 3 nitrogen and oxygen atoms in total. The summed E-state index contributed by atoms with van der Waals surface area (Å²) < 4.78 is 13.5. The van der Waals surface area contributed by atoms with Crippen molar-refractivity contribution in [3.63, 3.8) is 0 Å². The Morgan fingerprint density at radius 1 is 1.57 bits per heavy atom. The molecule has 0 unspecified atom stereocenters. The van der Waals surface area contributed by atoms with Gasteiger partial charge in [0, 0.05) is 22.2 Å². The molecule has 0 heterocycles. The molecule has 0 aliphatic carbocycles. The van der Waals surface area contributed by atoms with Gasteiger partial charge in [0.15, 0.2) is 0 Å². The van der Waals surface area contributed by atoms with Gasteiger partial charge in [-0.25, -0.2) is 4.39 Å². The van der Waals surface area contributed by atoms with E-state index in [0.29, 0.717) is 6.54 Å². The number of primary amides is 1. The minimum atomic E-state index is -0.352. The number of amides is 1. The third-order valence-electron chi connectivity index (χ3n) is 1.62. The fourth-order valence-corrected chi connectivity index (χ4v) is 1.62. The summed E-state index contributed by atoms with van der Waals surface area (Å²) in [5.74, 6) is -0.621. The first-order chi connectivity index (χ1) is 6.59. The number of nitrogens with two attached hydrogens (primary N) is 1. The summed E-state index contributed by atoms with van der Waals surface area (Å²) in [6.45, 7) is 0.469. The molecule has 1 amide bonds. The van der Waals surface area contributed by atoms with Gasteiger partial charge in [-0.05, 0) is 40.8 Å². The van der Waals surface area contributed by atoms with Gasteiger partial charge in [-0.2, -0.15) is 0 Å². The van der Waals surface area contributed by atoms with Crippen LogP contribution in [-0.4, -0.2) is 12.5 Å².